The summed E-state index contributed by atoms with van der Waals surface area (Å²) in [7, 11) is 0. The molecule has 2 aromatic carbocycles. The zero-order chi connectivity index (χ0) is 15.9. The highest BCUT2D eigenvalue weighted by Gasteiger charge is 2.09. The van der Waals surface area contributed by atoms with E-state index in [-0.39, 0.29) is 5.91 Å². The number of hydrogen-bond acceptors (Lipinski definition) is 2. The second-order valence-electron chi connectivity index (χ2n) is 4.63. The maximum absolute atomic E-state index is 12.2. The number of amides is 1. The van der Waals surface area contributed by atoms with Crippen molar-refractivity contribution in [1.29, 1.82) is 0 Å². The third-order valence-corrected chi connectivity index (χ3v) is 3.95. The first-order valence-corrected chi connectivity index (χ1v) is 8.30. The molecule has 0 heterocycles. The molecular weight excluding hydrogens is 316 g/mol. The molecule has 0 saturated heterocycles. The van der Waals surface area contributed by atoms with E-state index in [2.05, 4.69) is 10.3 Å². The largest absolute Gasteiger partial charge is 0.333 e. The third-order valence-electron chi connectivity index (χ3n) is 2.87. The van der Waals surface area contributed by atoms with Crippen LogP contribution in [0.2, 0.25) is 5.02 Å². The van der Waals surface area contributed by atoms with Gasteiger partial charge in [0.15, 0.2) is 5.17 Å². The van der Waals surface area contributed by atoms with Crippen LogP contribution in [0.25, 0.3) is 0 Å². The molecule has 22 heavy (non-hydrogen) atoms. The quantitative estimate of drug-likeness (QED) is 0.634. The topological polar surface area (TPSA) is 41.5 Å². The first-order valence-electron chi connectivity index (χ1n) is 6.94. The van der Waals surface area contributed by atoms with Crippen molar-refractivity contribution in [3.8, 4) is 0 Å². The number of carbonyl (C=O) groups is 1. The summed E-state index contributed by atoms with van der Waals surface area (Å²) in [5.41, 5.74) is 2.40. The second-order valence-corrected chi connectivity index (χ2v) is 6.29. The molecule has 1 N–H and O–H groups in total. The lowest BCUT2D eigenvalue weighted by Crippen LogP contribution is -2.12. The molecule has 0 fully saturated rings. The number of benzene rings is 2. The summed E-state index contributed by atoms with van der Waals surface area (Å²) < 4.78 is 0. The van der Waals surface area contributed by atoms with E-state index in [1.165, 1.54) is 11.8 Å². The SMILES string of the molecule is CCSC(=NC(=O)c1ccccc1)Nc1cc(C)ccc1Cl. The van der Waals surface area contributed by atoms with Crippen molar-refractivity contribution in [3.05, 3.63) is 64.7 Å². The molecule has 5 heteroatoms. The number of nitrogens with one attached hydrogen (secondary N) is 1. The number of anilines is 1. The first kappa shape index (κ1) is 16.6. The van der Waals surface area contributed by atoms with E-state index in [1.54, 1.807) is 12.1 Å². The second kappa shape index (κ2) is 8.01. The first-order chi connectivity index (χ1) is 10.6. The van der Waals surface area contributed by atoms with Crippen LogP contribution in [0.4, 0.5) is 5.69 Å². The van der Waals surface area contributed by atoms with Gasteiger partial charge in [0.2, 0.25) is 0 Å². The summed E-state index contributed by atoms with van der Waals surface area (Å²) >= 11 is 7.65. The molecule has 0 radical (unpaired) electrons. The van der Waals surface area contributed by atoms with Gasteiger partial charge in [-0.3, -0.25) is 4.79 Å². The number of hydrogen-bond donors (Lipinski definition) is 1. The molecule has 114 valence electrons. The van der Waals surface area contributed by atoms with Gasteiger partial charge < -0.3 is 5.32 Å². The number of aliphatic imine (C=N–C) groups is 1. The van der Waals surface area contributed by atoms with E-state index in [0.717, 1.165) is 17.0 Å². The normalized spacial score (nSPS) is 11.3. The van der Waals surface area contributed by atoms with Crippen LogP contribution in [0.3, 0.4) is 0 Å². The number of carbonyl (C=O) groups excluding carboxylic acids is 1. The van der Waals surface area contributed by atoms with Crippen molar-refractivity contribution in [2.24, 2.45) is 4.99 Å². The number of amidine groups is 1. The predicted octanol–water partition coefficient (Wildman–Crippen LogP) is 5.01. The van der Waals surface area contributed by atoms with Crippen molar-refractivity contribution in [1.82, 2.24) is 0 Å². The Morgan fingerprint density at radius 1 is 1.23 bits per heavy atom. The van der Waals surface area contributed by atoms with E-state index in [9.17, 15) is 4.79 Å². The maximum atomic E-state index is 12.2. The molecule has 0 atom stereocenters. The summed E-state index contributed by atoms with van der Waals surface area (Å²) in [5.74, 6) is 0.532. The lowest BCUT2D eigenvalue weighted by molar-refractivity contribution is 0.100. The van der Waals surface area contributed by atoms with Crippen molar-refractivity contribution in [3.63, 3.8) is 0 Å². The van der Waals surface area contributed by atoms with E-state index in [4.69, 9.17) is 11.6 Å². The Labute approximate surface area is 139 Å². The molecule has 0 unspecified atom stereocenters. The summed E-state index contributed by atoms with van der Waals surface area (Å²) in [6, 6.07) is 14.7. The molecule has 0 spiro atoms. The fourth-order valence-corrected chi connectivity index (χ4v) is 2.59. The molecule has 0 aliphatic heterocycles. The van der Waals surface area contributed by atoms with Gasteiger partial charge in [-0.2, -0.15) is 4.99 Å². The maximum Gasteiger partial charge on any atom is 0.279 e. The summed E-state index contributed by atoms with van der Waals surface area (Å²) in [5, 5.41) is 4.29. The number of aryl methyl sites for hydroxylation is 1. The fraction of sp³-hybridized carbons (Fsp3) is 0.176. The van der Waals surface area contributed by atoms with Crippen LogP contribution in [0, 0.1) is 6.92 Å². The fourth-order valence-electron chi connectivity index (χ4n) is 1.82. The minimum Gasteiger partial charge on any atom is -0.333 e. The number of halogens is 1. The van der Waals surface area contributed by atoms with E-state index in [1.807, 2.05) is 50.2 Å². The molecule has 1 amide bonds. The Balaban J connectivity index is 2.24. The Hall–Kier alpha value is -1.78. The summed E-state index contributed by atoms with van der Waals surface area (Å²) in [6.07, 6.45) is 0. The van der Waals surface area contributed by atoms with Crippen LogP contribution < -0.4 is 5.32 Å². The van der Waals surface area contributed by atoms with Crippen LogP contribution in [0.5, 0.6) is 0 Å². The third kappa shape index (κ3) is 4.61. The Kier molecular flexibility index (Phi) is 6.04. The molecule has 0 saturated carbocycles. The van der Waals surface area contributed by atoms with Gasteiger partial charge in [0.05, 0.1) is 10.7 Å². The van der Waals surface area contributed by atoms with Crippen molar-refractivity contribution >= 4 is 40.1 Å². The Morgan fingerprint density at radius 2 is 1.95 bits per heavy atom. The molecule has 0 aliphatic carbocycles. The van der Waals surface area contributed by atoms with Gasteiger partial charge in [-0.15, -0.1) is 0 Å². The van der Waals surface area contributed by atoms with Gasteiger partial charge in [0, 0.05) is 5.56 Å². The minimum atomic E-state index is -0.271. The van der Waals surface area contributed by atoms with Gasteiger partial charge in [0.1, 0.15) is 0 Å². The van der Waals surface area contributed by atoms with Gasteiger partial charge in [-0.25, -0.2) is 0 Å². The number of rotatable bonds is 3. The monoisotopic (exact) mass is 332 g/mol. The molecule has 0 aromatic heterocycles. The van der Waals surface area contributed by atoms with Crippen molar-refractivity contribution < 1.29 is 4.79 Å². The lowest BCUT2D eigenvalue weighted by Gasteiger charge is -2.10. The number of thioether (sulfide) groups is 1. The van der Waals surface area contributed by atoms with Gasteiger partial charge in [-0.1, -0.05) is 54.6 Å². The van der Waals surface area contributed by atoms with Crippen LogP contribution >= 0.6 is 23.4 Å². The van der Waals surface area contributed by atoms with E-state index in [0.29, 0.717) is 15.8 Å². The van der Waals surface area contributed by atoms with Crippen LogP contribution in [-0.4, -0.2) is 16.8 Å². The van der Waals surface area contributed by atoms with Crippen LogP contribution in [-0.2, 0) is 0 Å². The van der Waals surface area contributed by atoms with E-state index < -0.39 is 0 Å². The molecular formula is C17H17ClN2OS. The highest BCUT2D eigenvalue weighted by atomic mass is 35.5. The number of nitrogens with zero attached hydrogens (tertiary/aromatic N) is 1. The Morgan fingerprint density at radius 3 is 2.64 bits per heavy atom. The minimum absolute atomic E-state index is 0.271. The Bertz CT molecular complexity index is 686. The highest BCUT2D eigenvalue weighted by Crippen LogP contribution is 2.24. The average molecular weight is 333 g/mol. The molecule has 3 nitrogen and oxygen atoms in total. The van der Waals surface area contributed by atoms with Crippen molar-refractivity contribution in [2.45, 2.75) is 13.8 Å². The molecule has 0 aliphatic rings. The molecule has 2 rings (SSSR count). The van der Waals surface area contributed by atoms with Crippen LogP contribution in [0.1, 0.15) is 22.8 Å². The molecule has 2 aromatic rings. The van der Waals surface area contributed by atoms with Gasteiger partial charge >= 0.3 is 0 Å². The zero-order valence-corrected chi connectivity index (χ0v) is 14.0. The van der Waals surface area contributed by atoms with Crippen LogP contribution in [0.15, 0.2) is 53.5 Å². The van der Waals surface area contributed by atoms with Gasteiger partial charge in [0.25, 0.3) is 5.91 Å². The standard InChI is InChI=1S/C17H17ClN2OS/c1-3-22-17(19-15-11-12(2)9-10-14(15)18)20-16(21)13-7-5-4-6-8-13/h4-11H,3H2,1-2H3,(H,19,20,21). The van der Waals surface area contributed by atoms with E-state index >= 15 is 0 Å². The lowest BCUT2D eigenvalue weighted by atomic mass is 10.2. The summed E-state index contributed by atoms with van der Waals surface area (Å²) in [4.78, 5) is 16.4. The highest BCUT2D eigenvalue weighted by molar-refractivity contribution is 8.14. The zero-order valence-electron chi connectivity index (χ0n) is 12.5. The van der Waals surface area contributed by atoms with Gasteiger partial charge in [-0.05, 0) is 42.5 Å². The average Bonchev–Trinajstić information content (AvgIpc) is 2.52. The van der Waals surface area contributed by atoms with Crippen molar-refractivity contribution in [2.75, 3.05) is 11.1 Å². The summed E-state index contributed by atoms with van der Waals surface area (Å²) in [6.45, 7) is 3.99. The smallest absolute Gasteiger partial charge is 0.279 e. The predicted molar refractivity (Wildman–Crippen MR) is 96.2 cm³/mol. The molecule has 0 bridgehead atoms.